The number of aliphatic imine (C=N–C) groups is 1. The van der Waals surface area contributed by atoms with E-state index in [0.717, 1.165) is 22.6 Å². The number of rotatable bonds is 5. The average molecular weight is 439 g/mol. The van der Waals surface area contributed by atoms with E-state index < -0.39 is 6.09 Å². The fraction of sp³-hybridized carbons (Fsp3) is 0.174. The van der Waals surface area contributed by atoms with Crippen LogP contribution in [0.2, 0.25) is 5.02 Å². The van der Waals surface area contributed by atoms with Gasteiger partial charge in [-0.1, -0.05) is 35.9 Å². The van der Waals surface area contributed by atoms with Crippen LogP contribution in [0.1, 0.15) is 32.9 Å². The van der Waals surface area contributed by atoms with Gasteiger partial charge in [0.15, 0.2) is 0 Å². The number of aryl methyl sites for hydroxylation is 1. The van der Waals surface area contributed by atoms with E-state index in [4.69, 9.17) is 17.3 Å². The molecule has 7 nitrogen and oxygen atoms in total. The number of amides is 2. The predicted molar refractivity (Wildman–Crippen MR) is 121 cm³/mol. The summed E-state index contributed by atoms with van der Waals surface area (Å²) >= 11 is 5.98. The first-order valence-electron chi connectivity index (χ1n) is 9.54. The van der Waals surface area contributed by atoms with Crippen LogP contribution in [0.15, 0.2) is 59.6 Å². The molecule has 3 rings (SSSR count). The van der Waals surface area contributed by atoms with Crippen LogP contribution in [0.3, 0.4) is 0 Å². The Kier molecular flexibility index (Phi) is 6.77. The molecule has 1 aromatic heterocycles. The topological polar surface area (TPSA) is 98.7 Å². The summed E-state index contributed by atoms with van der Waals surface area (Å²) in [5.41, 5.74) is 10.6. The quantitative estimate of drug-likeness (QED) is 0.461. The van der Waals surface area contributed by atoms with E-state index in [1.807, 2.05) is 60.9 Å². The summed E-state index contributed by atoms with van der Waals surface area (Å²) in [6.45, 7) is 4.21. The van der Waals surface area contributed by atoms with E-state index in [-0.39, 0.29) is 11.7 Å². The Morgan fingerprint density at radius 2 is 1.74 bits per heavy atom. The van der Waals surface area contributed by atoms with E-state index in [0.29, 0.717) is 22.7 Å². The Balaban J connectivity index is 1.70. The number of carbonyl (C=O) groups excluding carboxylic acids is 2. The van der Waals surface area contributed by atoms with Crippen LogP contribution in [-0.4, -0.2) is 29.5 Å². The Hall–Kier alpha value is -3.58. The number of hydrogen-bond acceptors (Lipinski definition) is 3. The molecule has 0 radical (unpaired) electrons. The van der Waals surface area contributed by atoms with Gasteiger partial charge in [-0.15, -0.1) is 0 Å². The van der Waals surface area contributed by atoms with Gasteiger partial charge in [-0.05, 0) is 49.7 Å². The molecule has 0 saturated carbocycles. The van der Waals surface area contributed by atoms with Crippen molar-refractivity contribution in [2.45, 2.75) is 20.4 Å². The lowest BCUT2D eigenvalue weighted by atomic mass is 10.1. The smallest absolute Gasteiger partial charge is 0.435 e. The zero-order valence-corrected chi connectivity index (χ0v) is 18.2. The van der Waals surface area contributed by atoms with Gasteiger partial charge in [0, 0.05) is 34.2 Å². The number of carbonyl (C=O) groups is 2. The first-order chi connectivity index (χ1) is 14.8. The molecule has 2 aromatic carbocycles. The summed E-state index contributed by atoms with van der Waals surface area (Å²) in [6, 6.07) is 16.4. The second-order valence-electron chi connectivity index (χ2n) is 6.94. The number of ether oxygens (including phenoxy) is 1. The first-order valence-corrected chi connectivity index (χ1v) is 9.92. The molecule has 0 aliphatic carbocycles. The van der Waals surface area contributed by atoms with Crippen LogP contribution in [0.4, 0.5) is 4.79 Å². The van der Waals surface area contributed by atoms with Crippen LogP contribution in [0, 0.1) is 13.8 Å². The average Bonchev–Trinajstić information content (AvgIpc) is 3.07. The maximum atomic E-state index is 12.8. The minimum absolute atomic E-state index is 0.0667. The number of nitrogens with two attached hydrogens (primary N) is 1. The fourth-order valence-corrected chi connectivity index (χ4v) is 3.39. The SMILES string of the molecule is COC(=O)/N=C(\N)c1ccc(CNC(=O)c2cc(C)n(-c3ccc(Cl)cc3)c2C)cc1. The molecular formula is C23H23ClN4O3. The molecule has 0 saturated heterocycles. The number of halogens is 1. The molecular weight excluding hydrogens is 416 g/mol. The summed E-state index contributed by atoms with van der Waals surface area (Å²) < 4.78 is 6.48. The van der Waals surface area contributed by atoms with Gasteiger partial charge in [0.25, 0.3) is 5.91 Å². The number of methoxy groups -OCH3 is 1. The third-order valence-electron chi connectivity index (χ3n) is 4.85. The van der Waals surface area contributed by atoms with Crippen molar-refractivity contribution in [3.05, 3.63) is 87.7 Å². The van der Waals surface area contributed by atoms with E-state index >= 15 is 0 Å². The zero-order chi connectivity index (χ0) is 22.5. The molecule has 0 fully saturated rings. The maximum absolute atomic E-state index is 12.8. The Labute approximate surface area is 185 Å². The van der Waals surface area contributed by atoms with Gasteiger partial charge in [0.1, 0.15) is 5.84 Å². The van der Waals surface area contributed by atoms with Crippen LogP contribution in [-0.2, 0) is 11.3 Å². The minimum Gasteiger partial charge on any atom is -0.451 e. The maximum Gasteiger partial charge on any atom is 0.435 e. The first kappa shape index (κ1) is 22.1. The number of nitrogens with zero attached hydrogens (tertiary/aromatic N) is 2. The molecule has 31 heavy (non-hydrogen) atoms. The van der Waals surface area contributed by atoms with Crippen molar-refractivity contribution in [3.8, 4) is 5.69 Å². The number of nitrogens with one attached hydrogen (secondary N) is 1. The van der Waals surface area contributed by atoms with Crippen LogP contribution < -0.4 is 11.1 Å². The third-order valence-corrected chi connectivity index (χ3v) is 5.10. The second-order valence-corrected chi connectivity index (χ2v) is 7.38. The van der Waals surface area contributed by atoms with Crippen molar-refractivity contribution in [2.24, 2.45) is 10.7 Å². The van der Waals surface area contributed by atoms with Gasteiger partial charge in [-0.3, -0.25) is 4.79 Å². The molecule has 2 amide bonds. The Morgan fingerprint density at radius 3 is 2.35 bits per heavy atom. The van der Waals surface area contributed by atoms with Crippen molar-refractivity contribution in [1.29, 1.82) is 0 Å². The summed E-state index contributed by atoms with van der Waals surface area (Å²) in [6.07, 6.45) is -0.759. The van der Waals surface area contributed by atoms with Gasteiger partial charge < -0.3 is 20.4 Å². The standard InChI is InChI=1S/C23H23ClN4O3/c1-14-12-20(15(2)28(14)19-10-8-18(24)9-11-19)22(29)26-13-16-4-6-17(7-5-16)21(25)27-23(30)31-3/h4-12H,13H2,1-3H3,(H,26,29)(H2,25,27,30). The van der Waals surface area contributed by atoms with Gasteiger partial charge in [0.05, 0.1) is 12.7 Å². The van der Waals surface area contributed by atoms with E-state index in [2.05, 4.69) is 15.0 Å². The van der Waals surface area contributed by atoms with Gasteiger partial charge in [0.2, 0.25) is 0 Å². The lowest BCUT2D eigenvalue weighted by Crippen LogP contribution is -2.23. The molecule has 0 bridgehead atoms. The van der Waals surface area contributed by atoms with E-state index in [1.165, 1.54) is 7.11 Å². The zero-order valence-electron chi connectivity index (χ0n) is 17.5. The van der Waals surface area contributed by atoms with Crippen LogP contribution in [0.25, 0.3) is 5.69 Å². The number of benzene rings is 2. The highest BCUT2D eigenvalue weighted by Gasteiger charge is 2.16. The highest BCUT2D eigenvalue weighted by molar-refractivity contribution is 6.30. The lowest BCUT2D eigenvalue weighted by Gasteiger charge is -2.10. The Bertz CT molecular complexity index is 1130. The molecule has 0 atom stereocenters. The van der Waals surface area contributed by atoms with Crippen molar-refractivity contribution >= 4 is 29.4 Å². The number of amidine groups is 1. The van der Waals surface area contributed by atoms with E-state index in [1.54, 1.807) is 12.1 Å². The second kappa shape index (κ2) is 9.49. The summed E-state index contributed by atoms with van der Waals surface area (Å²) in [4.78, 5) is 27.6. The van der Waals surface area contributed by atoms with Crippen molar-refractivity contribution in [2.75, 3.05) is 7.11 Å². The number of hydrogen-bond donors (Lipinski definition) is 2. The van der Waals surface area contributed by atoms with Crippen LogP contribution >= 0.6 is 11.6 Å². The molecule has 3 aromatic rings. The lowest BCUT2D eigenvalue weighted by molar-refractivity contribution is 0.0950. The summed E-state index contributed by atoms with van der Waals surface area (Å²) in [7, 11) is 1.23. The largest absolute Gasteiger partial charge is 0.451 e. The summed E-state index contributed by atoms with van der Waals surface area (Å²) in [5.74, 6) is -0.0961. The van der Waals surface area contributed by atoms with Gasteiger partial charge >= 0.3 is 6.09 Å². The Morgan fingerprint density at radius 1 is 1.10 bits per heavy atom. The van der Waals surface area contributed by atoms with Gasteiger partial charge in [-0.25, -0.2) is 4.79 Å². The van der Waals surface area contributed by atoms with Crippen LogP contribution in [0.5, 0.6) is 0 Å². The highest BCUT2D eigenvalue weighted by Crippen LogP contribution is 2.22. The molecule has 8 heteroatoms. The van der Waals surface area contributed by atoms with Crippen molar-refractivity contribution < 1.29 is 14.3 Å². The van der Waals surface area contributed by atoms with Gasteiger partial charge in [-0.2, -0.15) is 4.99 Å². The molecule has 0 aliphatic heterocycles. The predicted octanol–water partition coefficient (Wildman–Crippen LogP) is 4.15. The molecule has 160 valence electrons. The summed E-state index contributed by atoms with van der Waals surface area (Å²) in [5, 5.41) is 3.60. The molecule has 1 heterocycles. The highest BCUT2D eigenvalue weighted by atomic mass is 35.5. The third kappa shape index (κ3) is 5.13. The van der Waals surface area contributed by atoms with Crippen molar-refractivity contribution in [3.63, 3.8) is 0 Å². The van der Waals surface area contributed by atoms with Crippen molar-refractivity contribution in [1.82, 2.24) is 9.88 Å². The molecule has 0 unspecified atom stereocenters. The molecule has 3 N–H and O–H groups in total. The fourth-order valence-electron chi connectivity index (χ4n) is 3.26. The molecule has 0 spiro atoms. The normalized spacial score (nSPS) is 11.3. The van der Waals surface area contributed by atoms with E-state index in [9.17, 15) is 9.59 Å². The molecule has 0 aliphatic rings. The number of aromatic nitrogens is 1. The monoisotopic (exact) mass is 438 g/mol. The minimum atomic E-state index is -0.759.